The fourth-order valence-electron chi connectivity index (χ4n) is 3.14. The van der Waals surface area contributed by atoms with Crippen LogP contribution in [0.4, 0.5) is 0 Å². The van der Waals surface area contributed by atoms with Crippen LogP contribution in [0.2, 0.25) is 0 Å². The topological polar surface area (TPSA) is 46.3 Å². The van der Waals surface area contributed by atoms with Crippen molar-refractivity contribution in [1.82, 2.24) is 10.1 Å². The Hall–Kier alpha value is -1.94. The second-order valence-electron chi connectivity index (χ2n) is 6.10. The van der Waals surface area contributed by atoms with Gasteiger partial charge < -0.3 is 9.42 Å². The molecule has 22 heavy (non-hydrogen) atoms. The van der Waals surface area contributed by atoms with E-state index in [1.54, 1.807) is 0 Å². The van der Waals surface area contributed by atoms with Crippen LogP contribution in [0.25, 0.3) is 11.3 Å². The molecule has 1 atom stereocenters. The highest BCUT2D eigenvalue weighted by Crippen LogP contribution is 2.27. The van der Waals surface area contributed by atoms with Crippen LogP contribution in [0.1, 0.15) is 35.9 Å². The van der Waals surface area contributed by atoms with E-state index in [2.05, 4.69) is 10.1 Å². The number of ketones is 1. The van der Waals surface area contributed by atoms with Gasteiger partial charge in [0.1, 0.15) is 11.5 Å². The number of aryl methyl sites for hydroxylation is 1. The van der Waals surface area contributed by atoms with E-state index in [1.807, 2.05) is 44.2 Å². The minimum absolute atomic E-state index is 0.0429. The molecule has 1 aromatic heterocycles. The van der Waals surface area contributed by atoms with Gasteiger partial charge in [0.25, 0.3) is 0 Å². The largest absolute Gasteiger partial charge is 0.360 e. The standard InChI is InChI=1S/C18H22N2O2/c1-13(12-20-10-6-7-11-20)18(21)16-14(2)22-19-17(16)15-8-4-3-5-9-15/h3-5,8-9,13H,6-7,10-12H2,1-2H3. The van der Waals surface area contributed by atoms with Crippen LogP contribution < -0.4 is 0 Å². The van der Waals surface area contributed by atoms with Gasteiger partial charge in [0.15, 0.2) is 5.78 Å². The molecule has 4 nitrogen and oxygen atoms in total. The van der Waals surface area contributed by atoms with Gasteiger partial charge in [0.2, 0.25) is 0 Å². The molecule has 3 rings (SSSR count). The minimum atomic E-state index is -0.0429. The second-order valence-corrected chi connectivity index (χ2v) is 6.10. The van der Waals surface area contributed by atoms with E-state index in [4.69, 9.17) is 4.52 Å². The number of likely N-dealkylation sites (tertiary alicyclic amines) is 1. The first kappa shape index (κ1) is 15.0. The Bertz CT molecular complexity index is 642. The molecule has 1 aliphatic rings. The summed E-state index contributed by atoms with van der Waals surface area (Å²) in [6.45, 7) is 6.84. The predicted molar refractivity (Wildman–Crippen MR) is 85.8 cm³/mol. The van der Waals surface area contributed by atoms with Crippen molar-refractivity contribution in [2.24, 2.45) is 5.92 Å². The molecule has 0 amide bonds. The Kier molecular flexibility index (Phi) is 4.39. The SMILES string of the molecule is Cc1onc(-c2ccccc2)c1C(=O)C(C)CN1CCCC1. The lowest BCUT2D eigenvalue weighted by atomic mass is 9.95. The Morgan fingerprint density at radius 3 is 2.64 bits per heavy atom. The van der Waals surface area contributed by atoms with Crippen molar-refractivity contribution in [3.05, 3.63) is 41.7 Å². The summed E-state index contributed by atoms with van der Waals surface area (Å²) in [6.07, 6.45) is 2.48. The van der Waals surface area contributed by atoms with Crippen LogP contribution in [0.5, 0.6) is 0 Å². The second kappa shape index (κ2) is 6.44. The van der Waals surface area contributed by atoms with E-state index in [0.717, 1.165) is 25.2 Å². The van der Waals surface area contributed by atoms with Gasteiger partial charge in [-0.1, -0.05) is 42.4 Å². The number of carbonyl (C=O) groups excluding carboxylic acids is 1. The summed E-state index contributed by atoms with van der Waals surface area (Å²) < 4.78 is 5.31. The number of hydrogen-bond acceptors (Lipinski definition) is 4. The molecular formula is C18H22N2O2. The first-order chi connectivity index (χ1) is 10.7. The summed E-state index contributed by atoms with van der Waals surface area (Å²) >= 11 is 0. The molecule has 1 fully saturated rings. The van der Waals surface area contributed by atoms with Gasteiger partial charge in [-0.05, 0) is 32.9 Å². The first-order valence-corrected chi connectivity index (χ1v) is 7.95. The summed E-state index contributed by atoms with van der Waals surface area (Å²) in [6, 6.07) is 9.76. The van der Waals surface area contributed by atoms with Crippen molar-refractivity contribution in [1.29, 1.82) is 0 Å². The highest BCUT2D eigenvalue weighted by Gasteiger charge is 2.27. The van der Waals surface area contributed by atoms with Crippen molar-refractivity contribution in [2.45, 2.75) is 26.7 Å². The van der Waals surface area contributed by atoms with Crippen molar-refractivity contribution in [3.8, 4) is 11.3 Å². The Balaban J connectivity index is 1.84. The molecule has 0 aliphatic carbocycles. The fraction of sp³-hybridized carbons (Fsp3) is 0.444. The van der Waals surface area contributed by atoms with Crippen LogP contribution in [-0.4, -0.2) is 35.5 Å². The molecule has 0 bridgehead atoms. The van der Waals surface area contributed by atoms with Crippen molar-refractivity contribution in [2.75, 3.05) is 19.6 Å². The number of benzene rings is 1. The normalized spacial score (nSPS) is 16.8. The molecule has 116 valence electrons. The van der Waals surface area contributed by atoms with Crippen LogP contribution >= 0.6 is 0 Å². The molecule has 4 heteroatoms. The third-order valence-electron chi connectivity index (χ3n) is 4.33. The summed E-state index contributed by atoms with van der Waals surface area (Å²) in [5, 5.41) is 4.11. The molecular weight excluding hydrogens is 276 g/mol. The van der Waals surface area contributed by atoms with Gasteiger partial charge >= 0.3 is 0 Å². The molecule has 2 aromatic rings. The molecule has 1 unspecified atom stereocenters. The van der Waals surface area contributed by atoms with Crippen LogP contribution in [0.3, 0.4) is 0 Å². The van der Waals surface area contributed by atoms with E-state index in [0.29, 0.717) is 17.0 Å². The number of hydrogen-bond donors (Lipinski definition) is 0. The quantitative estimate of drug-likeness (QED) is 0.792. The molecule has 1 aromatic carbocycles. The number of rotatable bonds is 5. The lowest BCUT2D eigenvalue weighted by Gasteiger charge is -2.19. The Morgan fingerprint density at radius 1 is 1.27 bits per heavy atom. The molecule has 0 radical (unpaired) electrons. The predicted octanol–water partition coefficient (Wildman–Crippen LogP) is 3.56. The third-order valence-corrected chi connectivity index (χ3v) is 4.33. The van der Waals surface area contributed by atoms with E-state index >= 15 is 0 Å². The van der Waals surface area contributed by atoms with Crippen molar-refractivity contribution >= 4 is 5.78 Å². The summed E-state index contributed by atoms with van der Waals surface area (Å²) in [5.74, 6) is 0.695. The number of carbonyl (C=O) groups is 1. The van der Waals surface area contributed by atoms with Gasteiger partial charge in [0.05, 0.1) is 5.56 Å². The number of nitrogens with zero attached hydrogens (tertiary/aromatic N) is 2. The van der Waals surface area contributed by atoms with Gasteiger partial charge in [-0.2, -0.15) is 0 Å². The summed E-state index contributed by atoms with van der Waals surface area (Å²) in [5.41, 5.74) is 2.23. The van der Waals surface area contributed by atoms with Gasteiger partial charge in [-0.3, -0.25) is 4.79 Å². The van der Waals surface area contributed by atoms with Gasteiger partial charge in [-0.15, -0.1) is 0 Å². The molecule has 0 spiro atoms. The lowest BCUT2D eigenvalue weighted by molar-refractivity contribution is 0.0902. The molecule has 0 N–H and O–H groups in total. The molecule has 1 aliphatic heterocycles. The number of aromatic nitrogens is 1. The van der Waals surface area contributed by atoms with Gasteiger partial charge in [0, 0.05) is 18.0 Å². The van der Waals surface area contributed by atoms with E-state index in [-0.39, 0.29) is 11.7 Å². The van der Waals surface area contributed by atoms with Crippen molar-refractivity contribution < 1.29 is 9.32 Å². The maximum absolute atomic E-state index is 12.9. The van der Waals surface area contributed by atoms with Crippen LogP contribution in [-0.2, 0) is 0 Å². The average Bonchev–Trinajstić information content (AvgIpc) is 3.17. The fourth-order valence-corrected chi connectivity index (χ4v) is 3.14. The smallest absolute Gasteiger partial charge is 0.172 e. The van der Waals surface area contributed by atoms with Crippen molar-refractivity contribution in [3.63, 3.8) is 0 Å². The summed E-state index contributed by atoms with van der Waals surface area (Å²) in [7, 11) is 0. The zero-order chi connectivity index (χ0) is 15.5. The minimum Gasteiger partial charge on any atom is -0.360 e. The van der Waals surface area contributed by atoms with E-state index in [9.17, 15) is 4.79 Å². The molecule has 1 saturated heterocycles. The third kappa shape index (κ3) is 2.97. The van der Waals surface area contributed by atoms with Gasteiger partial charge in [-0.25, -0.2) is 0 Å². The zero-order valence-electron chi connectivity index (χ0n) is 13.2. The first-order valence-electron chi connectivity index (χ1n) is 7.95. The lowest BCUT2D eigenvalue weighted by Crippen LogP contribution is -2.29. The Labute approximate surface area is 131 Å². The highest BCUT2D eigenvalue weighted by atomic mass is 16.5. The maximum atomic E-state index is 12.9. The molecule has 0 saturated carbocycles. The van der Waals surface area contributed by atoms with Crippen LogP contribution in [0, 0.1) is 12.8 Å². The molecule has 2 heterocycles. The van der Waals surface area contributed by atoms with E-state index < -0.39 is 0 Å². The maximum Gasteiger partial charge on any atom is 0.172 e. The summed E-state index contributed by atoms with van der Waals surface area (Å²) in [4.78, 5) is 15.3. The monoisotopic (exact) mass is 298 g/mol. The highest BCUT2D eigenvalue weighted by molar-refractivity contribution is 6.03. The Morgan fingerprint density at radius 2 is 1.95 bits per heavy atom. The van der Waals surface area contributed by atoms with E-state index in [1.165, 1.54) is 12.8 Å². The van der Waals surface area contributed by atoms with Crippen LogP contribution in [0.15, 0.2) is 34.9 Å². The zero-order valence-corrected chi connectivity index (χ0v) is 13.2. The average molecular weight is 298 g/mol. The number of Topliss-reactive ketones (excluding diaryl/α,β-unsaturated/α-hetero) is 1.